The normalized spacial score (nSPS) is 14.6. The standard InChI is InChI=1S/C22H23N5O3/c1-15-6-2-3-7-17(15)21(29)23-16-10-12-26(13-11-16)20(28)14-27-22(30)18-8-4-5-9-19(18)24-25-27/h2-9,16H,10-14H2,1H3,(H,23,29). The van der Waals surface area contributed by atoms with E-state index in [2.05, 4.69) is 15.6 Å². The van der Waals surface area contributed by atoms with E-state index in [4.69, 9.17) is 0 Å². The van der Waals surface area contributed by atoms with Crippen LogP contribution in [0.3, 0.4) is 0 Å². The first-order valence-electron chi connectivity index (χ1n) is 10.00. The van der Waals surface area contributed by atoms with Crippen molar-refractivity contribution in [2.45, 2.75) is 32.4 Å². The lowest BCUT2D eigenvalue weighted by Gasteiger charge is -2.32. The number of piperidine rings is 1. The first-order chi connectivity index (χ1) is 14.5. The molecule has 30 heavy (non-hydrogen) atoms. The average molecular weight is 405 g/mol. The summed E-state index contributed by atoms with van der Waals surface area (Å²) in [5, 5.41) is 11.4. The second-order valence-electron chi connectivity index (χ2n) is 7.51. The van der Waals surface area contributed by atoms with E-state index in [1.807, 2.05) is 31.2 Å². The molecule has 4 rings (SSSR count). The van der Waals surface area contributed by atoms with Crippen LogP contribution in [0.4, 0.5) is 0 Å². The highest BCUT2D eigenvalue weighted by Crippen LogP contribution is 2.13. The summed E-state index contributed by atoms with van der Waals surface area (Å²) in [6, 6.07) is 14.4. The number of aryl methyl sites for hydroxylation is 1. The zero-order valence-electron chi connectivity index (χ0n) is 16.7. The predicted octanol–water partition coefficient (Wildman–Crippen LogP) is 1.52. The molecule has 1 N–H and O–H groups in total. The monoisotopic (exact) mass is 405 g/mol. The van der Waals surface area contributed by atoms with Gasteiger partial charge in [-0.3, -0.25) is 14.4 Å². The molecule has 0 saturated carbocycles. The summed E-state index contributed by atoms with van der Waals surface area (Å²) in [5.74, 6) is -0.263. The molecule has 0 radical (unpaired) electrons. The van der Waals surface area contributed by atoms with Crippen LogP contribution in [-0.2, 0) is 11.3 Å². The van der Waals surface area contributed by atoms with Crippen molar-refractivity contribution in [3.8, 4) is 0 Å². The molecule has 1 aromatic heterocycles. The van der Waals surface area contributed by atoms with E-state index < -0.39 is 0 Å². The molecule has 1 aliphatic rings. The lowest BCUT2D eigenvalue weighted by Crippen LogP contribution is -2.48. The molecule has 8 heteroatoms. The van der Waals surface area contributed by atoms with Gasteiger partial charge in [-0.15, -0.1) is 5.10 Å². The van der Waals surface area contributed by atoms with E-state index >= 15 is 0 Å². The van der Waals surface area contributed by atoms with Crippen LogP contribution >= 0.6 is 0 Å². The van der Waals surface area contributed by atoms with Crippen LogP contribution in [0.2, 0.25) is 0 Å². The molecule has 0 bridgehead atoms. The van der Waals surface area contributed by atoms with Gasteiger partial charge in [0.2, 0.25) is 5.91 Å². The molecular formula is C22H23N5O3. The van der Waals surface area contributed by atoms with E-state index in [1.54, 1.807) is 29.2 Å². The summed E-state index contributed by atoms with van der Waals surface area (Å²) in [4.78, 5) is 39.4. The van der Waals surface area contributed by atoms with Gasteiger partial charge in [-0.1, -0.05) is 35.5 Å². The Morgan fingerprint density at radius 2 is 1.77 bits per heavy atom. The minimum absolute atomic E-state index is 0.0179. The summed E-state index contributed by atoms with van der Waals surface area (Å²) in [6.07, 6.45) is 1.34. The van der Waals surface area contributed by atoms with Crippen molar-refractivity contribution in [3.63, 3.8) is 0 Å². The Morgan fingerprint density at radius 3 is 2.53 bits per heavy atom. The van der Waals surface area contributed by atoms with Gasteiger partial charge in [0, 0.05) is 24.7 Å². The Hall–Kier alpha value is -3.55. The molecule has 1 saturated heterocycles. The highest BCUT2D eigenvalue weighted by Gasteiger charge is 2.25. The zero-order chi connectivity index (χ0) is 21.1. The van der Waals surface area contributed by atoms with Crippen LogP contribution in [0.1, 0.15) is 28.8 Å². The molecule has 0 unspecified atom stereocenters. The second-order valence-corrected chi connectivity index (χ2v) is 7.51. The van der Waals surface area contributed by atoms with Gasteiger partial charge in [-0.25, -0.2) is 4.68 Å². The number of likely N-dealkylation sites (tertiary alicyclic amines) is 1. The summed E-state index contributed by atoms with van der Waals surface area (Å²) < 4.78 is 1.11. The topological polar surface area (TPSA) is 97.2 Å². The number of rotatable bonds is 4. The summed E-state index contributed by atoms with van der Waals surface area (Å²) in [5.41, 5.74) is 1.79. The van der Waals surface area contributed by atoms with Crippen molar-refractivity contribution < 1.29 is 9.59 Å². The van der Waals surface area contributed by atoms with Crippen molar-refractivity contribution in [1.82, 2.24) is 25.2 Å². The largest absolute Gasteiger partial charge is 0.349 e. The fourth-order valence-corrected chi connectivity index (χ4v) is 3.72. The summed E-state index contributed by atoms with van der Waals surface area (Å²) >= 11 is 0. The van der Waals surface area contributed by atoms with Gasteiger partial charge >= 0.3 is 0 Å². The van der Waals surface area contributed by atoms with Gasteiger partial charge in [0.1, 0.15) is 12.1 Å². The molecule has 0 atom stereocenters. The minimum Gasteiger partial charge on any atom is -0.349 e. The number of amides is 2. The van der Waals surface area contributed by atoms with Gasteiger partial charge in [-0.2, -0.15) is 0 Å². The fourth-order valence-electron chi connectivity index (χ4n) is 3.72. The molecule has 2 aromatic carbocycles. The molecule has 2 heterocycles. The Kier molecular flexibility index (Phi) is 5.56. The zero-order valence-corrected chi connectivity index (χ0v) is 16.7. The second kappa shape index (κ2) is 8.44. The number of fused-ring (bicyclic) bond motifs is 1. The number of hydrogen-bond acceptors (Lipinski definition) is 5. The number of aromatic nitrogens is 3. The SMILES string of the molecule is Cc1ccccc1C(=O)NC1CCN(C(=O)Cn2nnc3ccccc3c2=O)CC1. The third kappa shape index (κ3) is 4.07. The van der Waals surface area contributed by atoms with E-state index in [0.29, 0.717) is 42.4 Å². The van der Waals surface area contributed by atoms with Gasteiger partial charge < -0.3 is 10.2 Å². The molecular weight excluding hydrogens is 382 g/mol. The number of carbonyl (C=O) groups is 2. The highest BCUT2D eigenvalue weighted by atomic mass is 16.2. The summed E-state index contributed by atoms with van der Waals surface area (Å²) in [6.45, 7) is 2.81. The van der Waals surface area contributed by atoms with E-state index in [1.165, 1.54) is 0 Å². The Morgan fingerprint density at radius 1 is 1.07 bits per heavy atom. The first kappa shape index (κ1) is 19.8. The Bertz CT molecular complexity index is 1150. The van der Waals surface area contributed by atoms with E-state index in [0.717, 1.165) is 10.2 Å². The van der Waals surface area contributed by atoms with Crippen LogP contribution in [0.5, 0.6) is 0 Å². The van der Waals surface area contributed by atoms with Gasteiger partial charge in [0.05, 0.1) is 5.39 Å². The van der Waals surface area contributed by atoms with Gasteiger partial charge in [-0.05, 0) is 43.5 Å². The molecule has 2 amide bonds. The fraction of sp³-hybridized carbons (Fsp3) is 0.318. The van der Waals surface area contributed by atoms with E-state index in [9.17, 15) is 14.4 Å². The average Bonchev–Trinajstić information content (AvgIpc) is 2.76. The number of nitrogens with one attached hydrogen (secondary N) is 1. The maximum atomic E-state index is 12.7. The van der Waals surface area contributed by atoms with Crippen LogP contribution in [-0.4, -0.2) is 50.8 Å². The van der Waals surface area contributed by atoms with Crippen molar-refractivity contribution in [2.75, 3.05) is 13.1 Å². The highest BCUT2D eigenvalue weighted by molar-refractivity contribution is 5.95. The molecule has 3 aromatic rings. The molecule has 8 nitrogen and oxygen atoms in total. The maximum absolute atomic E-state index is 12.7. The lowest BCUT2D eigenvalue weighted by molar-refractivity contribution is -0.133. The van der Waals surface area contributed by atoms with Crippen molar-refractivity contribution >= 4 is 22.7 Å². The quantitative estimate of drug-likeness (QED) is 0.710. The van der Waals surface area contributed by atoms with Crippen LogP contribution in [0.15, 0.2) is 53.3 Å². The minimum atomic E-state index is -0.325. The molecule has 1 aliphatic heterocycles. The van der Waals surface area contributed by atoms with Crippen molar-refractivity contribution in [3.05, 3.63) is 70.0 Å². The number of hydrogen-bond donors (Lipinski definition) is 1. The predicted molar refractivity (Wildman–Crippen MR) is 112 cm³/mol. The van der Waals surface area contributed by atoms with Gasteiger partial charge in [0.15, 0.2) is 0 Å². The van der Waals surface area contributed by atoms with E-state index in [-0.39, 0.29) is 30.0 Å². The molecule has 0 spiro atoms. The summed E-state index contributed by atoms with van der Waals surface area (Å²) in [7, 11) is 0. The maximum Gasteiger partial charge on any atom is 0.278 e. The number of nitrogens with zero attached hydrogens (tertiary/aromatic N) is 4. The van der Waals surface area contributed by atoms with Crippen LogP contribution in [0, 0.1) is 6.92 Å². The van der Waals surface area contributed by atoms with Crippen LogP contribution < -0.4 is 10.9 Å². The van der Waals surface area contributed by atoms with Gasteiger partial charge in [0.25, 0.3) is 11.5 Å². The smallest absolute Gasteiger partial charge is 0.278 e. The van der Waals surface area contributed by atoms with Crippen LogP contribution in [0.25, 0.3) is 10.9 Å². The molecule has 0 aliphatic carbocycles. The number of carbonyl (C=O) groups excluding carboxylic acids is 2. The Balaban J connectivity index is 1.35. The third-order valence-corrected chi connectivity index (χ3v) is 5.49. The lowest BCUT2D eigenvalue weighted by atomic mass is 10.0. The molecule has 154 valence electrons. The van der Waals surface area contributed by atoms with Crippen molar-refractivity contribution in [1.29, 1.82) is 0 Å². The Labute approximate surface area is 173 Å². The first-order valence-corrected chi connectivity index (χ1v) is 10.00. The third-order valence-electron chi connectivity index (χ3n) is 5.49. The number of benzene rings is 2. The van der Waals surface area contributed by atoms with Crippen molar-refractivity contribution in [2.24, 2.45) is 0 Å². The molecule has 1 fully saturated rings.